The predicted molar refractivity (Wildman–Crippen MR) is 80.0 cm³/mol. The van der Waals surface area contributed by atoms with Crippen LogP contribution in [-0.4, -0.2) is 42.1 Å². The van der Waals surface area contributed by atoms with Gasteiger partial charge in [-0.1, -0.05) is 6.92 Å². The molecule has 1 fully saturated rings. The first-order valence-electron chi connectivity index (χ1n) is 7.22. The van der Waals surface area contributed by atoms with Crippen LogP contribution in [0.15, 0.2) is 6.33 Å². The molecular weight excluding hydrogens is 254 g/mol. The lowest BCUT2D eigenvalue weighted by atomic mass is 10.2. The van der Waals surface area contributed by atoms with Gasteiger partial charge in [-0.05, 0) is 26.2 Å². The quantitative estimate of drug-likeness (QED) is 0.849. The zero-order valence-electron chi connectivity index (χ0n) is 12.4. The van der Waals surface area contributed by atoms with Crippen LogP contribution < -0.4 is 15.5 Å². The van der Waals surface area contributed by atoms with E-state index in [-0.39, 0.29) is 11.9 Å². The highest BCUT2D eigenvalue weighted by Crippen LogP contribution is 2.29. The molecule has 2 heterocycles. The average molecular weight is 277 g/mol. The number of anilines is 2. The summed E-state index contributed by atoms with van der Waals surface area (Å²) in [4.78, 5) is 22.7. The lowest BCUT2D eigenvalue weighted by molar-refractivity contribution is -0.121. The van der Waals surface area contributed by atoms with Gasteiger partial charge in [-0.2, -0.15) is 0 Å². The number of likely N-dealkylation sites (N-methyl/N-ethyl adjacent to an activating group) is 1. The van der Waals surface area contributed by atoms with Gasteiger partial charge in [0.15, 0.2) is 0 Å². The fraction of sp³-hybridized carbons (Fsp3) is 0.643. The molecule has 0 aromatic carbocycles. The third-order valence-electron chi connectivity index (χ3n) is 3.67. The fourth-order valence-electron chi connectivity index (χ4n) is 2.61. The van der Waals surface area contributed by atoms with Crippen molar-refractivity contribution >= 4 is 17.5 Å². The van der Waals surface area contributed by atoms with Gasteiger partial charge >= 0.3 is 0 Å². The van der Waals surface area contributed by atoms with E-state index >= 15 is 0 Å². The summed E-state index contributed by atoms with van der Waals surface area (Å²) >= 11 is 0. The van der Waals surface area contributed by atoms with Crippen LogP contribution in [0.25, 0.3) is 0 Å². The van der Waals surface area contributed by atoms with Crippen LogP contribution in [0, 0.1) is 6.92 Å². The average Bonchev–Trinajstić information content (AvgIpc) is 2.94. The standard InChI is InChI=1S/C14H23N5O/c1-4-7-16-12-10(2)13(18-9-17-12)19-8-5-6-11(19)14(20)15-3/h9,11H,4-8H2,1-3H3,(H,15,20)(H,16,17,18). The van der Waals surface area contributed by atoms with Gasteiger partial charge in [-0.15, -0.1) is 0 Å². The van der Waals surface area contributed by atoms with E-state index in [1.165, 1.54) is 0 Å². The second kappa shape index (κ2) is 6.54. The number of carbonyl (C=O) groups excluding carboxylic acids is 1. The number of hydrogen-bond acceptors (Lipinski definition) is 5. The second-order valence-electron chi connectivity index (χ2n) is 5.06. The van der Waals surface area contributed by atoms with Gasteiger partial charge in [0.1, 0.15) is 24.0 Å². The van der Waals surface area contributed by atoms with Crippen LogP contribution in [-0.2, 0) is 4.79 Å². The highest BCUT2D eigenvalue weighted by atomic mass is 16.2. The number of nitrogens with one attached hydrogen (secondary N) is 2. The number of amides is 1. The van der Waals surface area contributed by atoms with Gasteiger partial charge in [0.05, 0.1) is 0 Å². The van der Waals surface area contributed by atoms with E-state index < -0.39 is 0 Å². The van der Waals surface area contributed by atoms with E-state index in [9.17, 15) is 4.79 Å². The molecule has 6 heteroatoms. The van der Waals surface area contributed by atoms with Gasteiger partial charge < -0.3 is 15.5 Å². The molecule has 0 radical (unpaired) electrons. The van der Waals surface area contributed by atoms with Gasteiger partial charge in [0, 0.05) is 25.7 Å². The van der Waals surface area contributed by atoms with Crippen LogP contribution in [0.1, 0.15) is 31.7 Å². The Bertz CT molecular complexity index is 477. The van der Waals surface area contributed by atoms with Crippen molar-refractivity contribution in [1.82, 2.24) is 15.3 Å². The minimum absolute atomic E-state index is 0.0589. The molecule has 1 aromatic heterocycles. The summed E-state index contributed by atoms with van der Waals surface area (Å²) in [7, 11) is 1.68. The van der Waals surface area contributed by atoms with Gasteiger partial charge in [-0.3, -0.25) is 4.79 Å². The van der Waals surface area contributed by atoms with E-state index in [1.807, 2.05) is 6.92 Å². The minimum Gasteiger partial charge on any atom is -0.370 e. The number of aromatic nitrogens is 2. The Balaban J connectivity index is 2.25. The Morgan fingerprint density at radius 2 is 2.30 bits per heavy atom. The van der Waals surface area contributed by atoms with Gasteiger partial charge in [0.2, 0.25) is 5.91 Å². The highest BCUT2D eigenvalue weighted by Gasteiger charge is 2.32. The van der Waals surface area contributed by atoms with Crippen molar-refractivity contribution < 1.29 is 4.79 Å². The summed E-state index contributed by atoms with van der Waals surface area (Å²) in [5.41, 5.74) is 1.01. The molecule has 1 saturated heterocycles. The maximum absolute atomic E-state index is 12.0. The molecule has 20 heavy (non-hydrogen) atoms. The zero-order valence-corrected chi connectivity index (χ0v) is 12.4. The van der Waals surface area contributed by atoms with Crippen molar-refractivity contribution in [2.24, 2.45) is 0 Å². The Morgan fingerprint density at radius 1 is 1.50 bits per heavy atom. The van der Waals surface area contributed by atoms with Crippen LogP contribution in [0.4, 0.5) is 11.6 Å². The lowest BCUT2D eigenvalue weighted by Crippen LogP contribution is -2.42. The summed E-state index contributed by atoms with van der Waals surface area (Å²) in [6.45, 7) is 5.87. The lowest BCUT2D eigenvalue weighted by Gasteiger charge is -2.26. The van der Waals surface area contributed by atoms with Crippen molar-refractivity contribution in [2.75, 3.05) is 30.4 Å². The summed E-state index contributed by atoms with van der Waals surface area (Å²) in [6, 6.07) is -0.118. The molecule has 110 valence electrons. The number of hydrogen-bond donors (Lipinski definition) is 2. The first kappa shape index (κ1) is 14.6. The summed E-state index contributed by atoms with van der Waals surface area (Å²) < 4.78 is 0. The Hall–Kier alpha value is -1.85. The molecule has 0 spiro atoms. The molecule has 1 amide bonds. The molecule has 0 aliphatic carbocycles. The molecule has 2 N–H and O–H groups in total. The summed E-state index contributed by atoms with van der Waals surface area (Å²) in [5.74, 6) is 1.78. The Labute approximate surface area is 120 Å². The van der Waals surface area contributed by atoms with Gasteiger partial charge in [-0.25, -0.2) is 9.97 Å². The Morgan fingerprint density at radius 3 is 3.00 bits per heavy atom. The topological polar surface area (TPSA) is 70.2 Å². The van der Waals surface area contributed by atoms with Crippen LogP contribution in [0.2, 0.25) is 0 Å². The van der Waals surface area contributed by atoms with Crippen molar-refractivity contribution in [3.05, 3.63) is 11.9 Å². The van der Waals surface area contributed by atoms with Crippen molar-refractivity contribution in [3.63, 3.8) is 0 Å². The number of nitrogens with zero attached hydrogens (tertiary/aromatic N) is 3. The summed E-state index contributed by atoms with van der Waals surface area (Å²) in [6.07, 6.45) is 4.50. The maximum Gasteiger partial charge on any atom is 0.242 e. The second-order valence-corrected chi connectivity index (χ2v) is 5.06. The summed E-state index contributed by atoms with van der Waals surface area (Å²) in [5, 5.41) is 6.04. The van der Waals surface area contributed by atoms with E-state index in [1.54, 1.807) is 13.4 Å². The van der Waals surface area contributed by atoms with Crippen molar-refractivity contribution in [1.29, 1.82) is 0 Å². The largest absolute Gasteiger partial charge is 0.370 e. The normalized spacial score (nSPS) is 18.1. The smallest absolute Gasteiger partial charge is 0.242 e. The molecule has 1 aromatic rings. The van der Waals surface area contributed by atoms with E-state index in [2.05, 4.69) is 32.4 Å². The number of rotatable bonds is 5. The Kier molecular flexibility index (Phi) is 4.76. The van der Waals surface area contributed by atoms with Crippen LogP contribution >= 0.6 is 0 Å². The van der Waals surface area contributed by atoms with Gasteiger partial charge in [0.25, 0.3) is 0 Å². The third kappa shape index (κ3) is 2.84. The first-order chi connectivity index (χ1) is 9.69. The molecule has 1 atom stereocenters. The molecule has 0 bridgehead atoms. The zero-order chi connectivity index (χ0) is 14.5. The van der Waals surface area contributed by atoms with Crippen molar-refractivity contribution in [2.45, 2.75) is 39.2 Å². The third-order valence-corrected chi connectivity index (χ3v) is 3.67. The molecule has 0 saturated carbocycles. The predicted octanol–water partition coefficient (Wildman–Crippen LogP) is 1.32. The molecule has 2 rings (SSSR count). The molecule has 6 nitrogen and oxygen atoms in total. The number of carbonyl (C=O) groups is 1. The maximum atomic E-state index is 12.0. The van der Waals surface area contributed by atoms with E-state index in [0.717, 1.165) is 49.6 Å². The first-order valence-corrected chi connectivity index (χ1v) is 7.22. The molecular formula is C14H23N5O. The van der Waals surface area contributed by atoms with Crippen LogP contribution in [0.5, 0.6) is 0 Å². The molecule has 1 unspecified atom stereocenters. The van der Waals surface area contributed by atoms with E-state index in [4.69, 9.17) is 0 Å². The van der Waals surface area contributed by atoms with Crippen molar-refractivity contribution in [3.8, 4) is 0 Å². The minimum atomic E-state index is -0.118. The fourth-order valence-corrected chi connectivity index (χ4v) is 2.61. The van der Waals surface area contributed by atoms with Crippen LogP contribution in [0.3, 0.4) is 0 Å². The highest BCUT2D eigenvalue weighted by molar-refractivity contribution is 5.85. The van der Waals surface area contributed by atoms with E-state index in [0.29, 0.717) is 0 Å². The monoisotopic (exact) mass is 277 g/mol. The molecule has 1 aliphatic heterocycles. The molecule has 1 aliphatic rings. The SMILES string of the molecule is CCCNc1ncnc(N2CCCC2C(=O)NC)c1C.